The fourth-order valence-corrected chi connectivity index (χ4v) is 1.21. The van der Waals surface area contributed by atoms with E-state index in [1.165, 1.54) is 11.5 Å². The summed E-state index contributed by atoms with van der Waals surface area (Å²) in [5.74, 6) is 2.47. The summed E-state index contributed by atoms with van der Waals surface area (Å²) in [5.41, 5.74) is 1.17. The van der Waals surface area contributed by atoms with Crippen molar-refractivity contribution in [3.8, 4) is 0 Å². The van der Waals surface area contributed by atoms with Gasteiger partial charge in [0.05, 0.1) is 0 Å². The molecule has 40 valence electrons. The molecule has 1 nitrogen and oxygen atoms in total. The molecule has 7 heavy (non-hydrogen) atoms. The molecule has 3 heteroatoms. The third-order valence-corrected chi connectivity index (χ3v) is 2.34. The van der Waals surface area contributed by atoms with Crippen molar-refractivity contribution >= 4 is 23.5 Å². The van der Waals surface area contributed by atoms with Gasteiger partial charge in [-0.05, 0) is 0 Å². The highest BCUT2D eigenvalue weighted by Crippen LogP contribution is 2.40. The highest BCUT2D eigenvalue weighted by atomic mass is 32.2. The van der Waals surface area contributed by atoms with E-state index >= 15 is 0 Å². The van der Waals surface area contributed by atoms with Gasteiger partial charge in [-0.25, -0.2) is 0 Å². The van der Waals surface area contributed by atoms with Gasteiger partial charge in [0, 0.05) is 11.5 Å². The molecule has 0 N–H and O–H groups in total. The smallest absolute Gasteiger partial charge is 0.114 e. The molecule has 0 aromatic heterocycles. The van der Waals surface area contributed by atoms with Crippen molar-refractivity contribution in [3.63, 3.8) is 0 Å². The normalized spacial score (nSPS) is 46.3. The number of hydrogen-bond donors (Lipinski definition) is 0. The van der Waals surface area contributed by atoms with E-state index in [0.717, 1.165) is 0 Å². The van der Waals surface area contributed by atoms with Crippen molar-refractivity contribution in [3.05, 3.63) is 0 Å². The third kappa shape index (κ3) is 1.27. The Morgan fingerprint density at radius 2 is 1.57 bits per heavy atom. The average Bonchev–Trinajstić information content (AvgIpc) is 2.33. The quantitative estimate of drug-likeness (QED) is 0.524. The van der Waals surface area contributed by atoms with Gasteiger partial charge in [-0.15, -0.1) is 23.5 Å². The zero-order valence-corrected chi connectivity index (χ0v) is 5.43. The molecule has 2 saturated heterocycles. The minimum Gasteiger partial charge on any atom is -0.352 e. The molecule has 2 rings (SSSR count). The van der Waals surface area contributed by atoms with Crippen molar-refractivity contribution < 1.29 is 4.74 Å². The van der Waals surface area contributed by atoms with Gasteiger partial charge in [-0.3, -0.25) is 0 Å². The molecule has 0 aromatic carbocycles. The number of ether oxygens (including phenoxy) is 1. The average molecular weight is 134 g/mol. The largest absolute Gasteiger partial charge is 0.352 e. The first-order valence-corrected chi connectivity index (χ1v) is 4.43. The molecule has 2 atom stereocenters. The van der Waals surface area contributed by atoms with Gasteiger partial charge in [0.15, 0.2) is 0 Å². The highest BCUT2D eigenvalue weighted by Gasteiger charge is 2.33. The Hall–Kier alpha value is 0.660. The molecule has 2 unspecified atom stereocenters. The molecule has 0 amide bonds. The van der Waals surface area contributed by atoms with E-state index in [2.05, 4.69) is 0 Å². The summed E-state index contributed by atoms with van der Waals surface area (Å²) in [6, 6.07) is 0. The molecule has 2 aliphatic rings. The monoisotopic (exact) mass is 134 g/mol. The lowest BCUT2D eigenvalue weighted by atomic mass is 10.8. The van der Waals surface area contributed by atoms with Crippen LogP contribution in [0.4, 0.5) is 0 Å². The van der Waals surface area contributed by atoms with Gasteiger partial charge in [-0.2, -0.15) is 0 Å². The molecule has 0 saturated carbocycles. The number of hydrogen-bond acceptors (Lipinski definition) is 3. The van der Waals surface area contributed by atoms with E-state index in [0.29, 0.717) is 10.9 Å². The maximum absolute atomic E-state index is 5.40. The summed E-state index contributed by atoms with van der Waals surface area (Å²) in [5, 5.41) is 0. The molecule has 0 bridgehead atoms. The SMILES string of the molecule is C1SC1OC1CS1. The van der Waals surface area contributed by atoms with Gasteiger partial charge in [0.2, 0.25) is 0 Å². The van der Waals surface area contributed by atoms with Crippen LogP contribution >= 0.6 is 23.5 Å². The van der Waals surface area contributed by atoms with Crippen LogP contribution in [0.3, 0.4) is 0 Å². The predicted molar refractivity (Wildman–Crippen MR) is 33.6 cm³/mol. The van der Waals surface area contributed by atoms with Gasteiger partial charge in [-0.1, -0.05) is 0 Å². The van der Waals surface area contributed by atoms with E-state index < -0.39 is 0 Å². The molecule has 0 aromatic rings. The van der Waals surface area contributed by atoms with Crippen molar-refractivity contribution in [1.82, 2.24) is 0 Å². The second kappa shape index (κ2) is 1.57. The lowest BCUT2D eigenvalue weighted by Gasteiger charge is -1.89. The van der Waals surface area contributed by atoms with Crippen LogP contribution in [0.5, 0.6) is 0 Å². The Labute approximate surface area is 51.2 Å². The van der Waals surface area contributed by atoms with Crippen LogP contribution in [0.2, 0.25) is 0 Å². The predicted octanol–water partition coefficient (Wildman–Crippen LogP) is 1.15. The van der Waals surface area contributed by atoms with Crippen LogP contribution in [0.1, 0.15) is 0 Å². The molecule has 0 radical (unpaired) electrons. The van der Waals surface area contributed by atoms with E-state index in [1.54, 1.807) is 0 Å². The summed E-state index contributed by atoms with van der Waals surface area (Å²) < 4.78 is 5.40. The third-order valence-electron chi connectivity index (χ3n) is 0.909. The van der Waals surface area contributed by atoms with Crippen molar-refractivity contribution in [2.45, 2.75) is 10.9 Å². The summed E-state index contributed by atoms with van der Waals surface area (Å²) in [6.45, 7) is 0. The first-order chi connectivity index (χ1) is 3.45. The van der Waals surface area contributed by atoms with Crippen LogP contribution in [0, 0.1) is 0 Å². The van der Waals surface area contributed by atoms with Gasteiger partial charge >= 0.3 is 0 Å². The van der Waals surface area contributed by atoms with E-state index in [1.807, 2.05) is 23.5 Å². The molecule has 2 fully saturated rings. The molecule has 2 aliphatic heterocycles. The molecular formula is C4H6OS2. The van der Waals surface area contributed by atoms with Crippen LogP contribution in [-0.4, -0.2) is 22.4 Å². The lowest BCUT2D eigenvalue weighted by molar-refractivity contribution is 0.152. The van der Waals surface area contributed by atoms with Crippen LogP contribution in [0.15, 0.2) is 0 Å². The van der Waals surface area contributed by atoms with Crippen molar-refractivity contribution in [1.29, 1.82) is 0 Å². The maximum Gasteiger partial charge on any atom is 0.114 e. The Kier molecular flexibility index (Phi) is 1.02. The standard InChI is InChI=1S/C4H6OS2/c1-3(6-1)5-4-2-7-4/h3-4H,1-2H2. The minimum atomic E-state index is 0.583. The fourth-order valence-electron chi connectivity index (χ4n) is 0.405. The Morgan fingerprint density at radius 1 is 1.14 bits per heavy atom. The zero-order chi connectivity index (χ0) is 4.69. The van der Waals surface area contributed by atoms with Crippen molar-refractivity contribution in [2.24, 2.45) is 0 Å². The molecular weight excluding hydrogens is 128 g/mol. The maximum atomic E-state index is 5.40. The molecule has 0 spiro atoms. The highest BCUT2D eigenvalue weighted by molar-refractivity contribution is 8.07. The van der Waals surface area contributed by atoms with Crippen LogP contribution < -0.4 is 0 Å². The lowest BCUT2D eigenvalue weighted by Crippen LogP contribution is -1.94. The minimum absolute atomic E-state index is 0.583. The summed E-state index contributed by atoms with van der Waals surface area (Å²) in [7, 11) is 0. The van der Waals surface area contributed by atoms with Crippen LogP contribution in [0.25, 0.3) is 0 Å². The van der Waals surface area contributed by atoms with E-state index in [-0.39, 0.29) is 0 Å². The topological polar surface area (TPSA) is 9.23 Å². The Bertz CT molecular complexity index is 67.8. The van der Waals surface area contributed by atoms with E-state index in [9.17, 15) is 0 Å². The Balaban J connectivity index is 1.69. The zero-order valence-electron chi connectivity index (χ0n) is 3.79. The van der Waals surface area contributed by atoms with Gasteiger partial charge in [0.25, 0.3) is 0 Å². The Morgan fingerprint density at radius 3 is 1.86 bits per heavy atom. The van der Waals surface area contributed by atoms with Crippen LogP contribution in [-0.2, 0) is 4.74 Å². The number of rotatable bonds is 2. The first kappa shape index (κ1) is 4.53. The fraction of sp³-hybridized carbons (Fsp3) is 1.00. The summed E-state index contributed by atoms with van der Waals surface area (Å²) in [4.78, 5) is 0. The van der Waals surface area contributed by atoms with Crippen molar-refractivity contribution in [2.75, 3.05) is 11.5 Å². The summed E-state index contributed by atoms with van der Waals surface area (Å²) in [6.07, 6.45) is 0. The second-order valence-electron chi connectivity index (χ2n) is 1.66. The first-order valence-electron chi connectivity index (χ1n) is 2.34. The number of thioether (sulfide) groups is 2. The summed E-state index contributed by atoms with van der Waals surface area (Å²) >= 11 is 3.80. The van der Waals surface area contributed by atoms with E-state index in [4.69, 9.17) is 4.74 Å². The second-order valence-corrected chi connectivity index (χ2v) is 4.05. The molecule has 0 aliphatic carbocycles. The van der Waals surface area contributed by atoms with Gasteiger partial charge < -0.3 is 4.74 Å². The molecule has 2 heterocycles. The van der Waals surface area contributed by atoms with Gasteiger partial charge in [0.1, 0.15) is 10.9 Å².